The molecule has 10 heteroatoms. The number of carbonyl (C=O) groups excluding carboxylic acids is 2. The molecule has 42 heavy (non-hydrogen) atoms. The number of unbranched alkanes of at least 4 members (excludes halogenated alkanes) is 10. The summed E-state index contributed by atoms with van der Waals surface area (Å²) in [6.07, 6.45) is 28.4. The van der Waals surface area contributed by atoms with Gasteiger partial charge in [-0.15, -0.1) is 0 Å². The topological polar surface area (TPSA) is 131 Å². The molecule has 0 spiro atoms. The minimum absolute atomic E-state index is 0.0778. The molecule has 2 atom stereocenters. The Labute approximate surface area is 254 Å². The van der Waals surface area contributed by atoms with E-state index < -0.39 is 26.5 Å². The van der Waals surface area contributed by atoms with Gasteiger partial charge in [-0.3, -0.25) is 18.6 Å². The lowest BCUT2D eigenvalue weighted by atomic mass is 10.1. The van der Waals surface area contributed by atoms with Gasteiger partial charge in [-0.2, -0.15) is 0 Å². The van der Waals surface area contributed by atoms with E-state index in [2.05, 4.69) is 55.6 Å². The van der Waals surface area contributed by atoms with Crippen LogP contribution in [0.3, 0.4) is 0 Å². The molecule has 9 nitrogen and oxygen atoms in total. The zero-order chi connectivity index (χ0) is 31.2. The summed E-state index contributed by atoms with van der Waals surface area (Å²) in [5, 5.41) is 12.5. The molecule has 0 aromatic carbocycles. The first kappa shape index (κ1) is 40.2. The van der Waals surface area contributed by atoms with Crippen LogP contribution in [0.2, 0.25) is 0 Å². The van der Waals surface area contributed by atoms with Crippen molar-refractivity contribution < 1.29 is 37.9 Å². The molecule has 0 bridgehead atoms. The van der Waals surface area contributed by atoms with Gasteiger partial charge in [0.2, 0.25) is 5.91 Å². The molecule has 2 unspecified atom stereocenters. The number of esters is 1. The minimum Gasteiger partial charge on any atom is -0.463 e. The normalized spacial score (nSPS) is 14.1. The third kappa shape index (κ3) is 29.7. The zero-order valence-corrected chi connectivity index (χ0v) is 27.1. The Hall–Kier alpha value is -1.77. The number of phosphoric ester groups is 1. The summed E-state index contributed by atoms with van der Waals surface area (Å²) in [7, 11) is -4.39. The Bertz CT molecular complexity index is 799. The second-order valence-corrected chi connectivity index (χ2v) is 11.9. The van der Waals surface area contributed by atoms with E-state index >= 15 is 0 Å². The van der Waals surface area contributed by atoms with E-state index in [1.54, 1.807) is 0 Å². The van der Waals surface area contributed by atoms with Crippen molar-refractivity contribution in [3.05, 3.63) is 36.5 Å². The lowest BCUT2D eigenvalue weighted by molar-refractivity contribution is -0.147. The highest BCUT2D eigenvalue weighted by atomic mass is 31.2. The van der Waals surface area contributed by atoms with E-state index in [9.17, 15) is 24.2 Å². The number of phosphoric acid groups is 1. The van der Waals surface area contributed by atoms with Crippen molar-refractivity contribution >= 4 is 19.7 Å². The maximum atomic E-state index is 11.9. The number of amides is 1. The van der Waals surface area contributed by atoms with E-state index in [1.807, 2.05) is 0 Å². The maximum Gasteiger partial charge on any atom is 0.472 e. The first-order valence-corrected chi connectivity index (χ1v) is 17.5. The van der Waals surface area contributed by atoms with Crippen molar-refractivity contribution in [3.63, 3.8) is 0 Å². The third-order valence-electron chi connectivity index (χ3n) is 6.33. The standard InChI is InChI=1S/C32H58NO8P/c1-3-5-7-9-10-11-12-13-14-15-16-17-18-19-20-21-23-25-32(36)39-28-30(34)29-41-42(37,38)40-27-26-33-31(35)24-22-8-6-4-2/h5,7,10-11,13-14,30,34H,3-4,6,8-9,12,15-29H2,1-2H3,(H,33,35)(H,37,38)/b7-5-,11-10-,14-13-. The largest absolute Gasteiger partial charge is 0.472 e. The molecule has 0 aliphatic carbocycles. The molecule has 0 aromatic heterocycles. The maximum absolute atomic E-state index is 11.9. The van der Waals surface area contributed by atoms with Crippen LogP contribution < -0.4 is 5.32 Å². The second-order valence-electron chi connectivity index (χ2n) is 10.4. The molecular weight excluding hydrogens is 557 g/mol. The first-order valence-electron chi connectivity index (χ1n) is 16.0. The Morgan fingerprint density at radius 3 is 2.05 bits per heavy atom. The number of aliphatic hydroxyl groups excluding tert-OH is 1. The second kappa shape index (κ2) is 29.3. The Kier molecular flexibility index (Phi) is 28.1. The van der Waals surface area contributed by atoms with E-state index in [-0.39, 0.29) is 32.1 Å². The molecule has 0 aromatic rings. The summed E-state index contributed by atoms with van der Waals surface area (Å²) in [5.74, 6) is -0.549. The van der Waals surface area contributed by atoms with Crippen LogP contribution >= 0.6 is 7.82 Å². The molecule has 0 aliphatic heterocycles. The van der Waals surface area contributed by atoms with E-state index in [1.165, 1.54) is 19.3 Å². The number of nitrogens with one attached hydrogen (secondary N) is 1. The fraction of sp³-hybridized carbons (Fsp3) is 0.750. The molecule has 0 aliphatic rings. The molecule has 0 heterocycles. The first-order chi connectivity index (χ1) is 20.3. The molecule has 0 rings (SSSR count). The predicted octanol–water partition coefficient (Wildman–Crippen LogP) is 7.48. The van der Waals surface area contributed by atoms with Crippen molar-refractivity contribution in [1.82, 2.24) is 5.32 Å². The number of hydrogen-bond acceptors (Lipinski definition) is 7. The monoisotopic (exact) mass is 615 g/mol. The number of carbonyl (C=O) groups is 2. The molecule has 244 valence electrons. The van der Waals surface area contributed by atoms with Gasteiger partial charge in [0.25, 0.3) is 0 Å². The molecule has 0 fully saturated rings. The van der Waals surface area contributed by atoms with E-state index in [0.717, 1.165) is 77.0 Å². The Morgan fingerprint density at radius 2 is 1.36 bits per heavy atom. The van der Waals surface area contributed by atoms with Crippen LogP contribution in [0.15, 0.2) is 36.5 Å². The Balaban J connectivity index is 3.64. The number of ether oxygens (including phenoxy) is 1. The highest BCUT2D eigenvalue weighted by Gasteiger charge is 2.23. The molecule has 1 amide bonds. The predicted molar refractivity (Wildman–Crippen MR) is 169 cm³/mol. The summed E-state index contributed by atoms with van der Waals surface area (Å²) < 4.78 is 26.5. The summed E-state index contributed by atoms with van der Waals surface area (Å²) in [4.78, 5) is 33.3. The lowest BCUT2D eigenvalue weighted by Gasteiger charge is -2.15. The Morgan fingerprint density at radius 1 is 0.762 bits per heavy atom. The quantitative estimate of drug-likeness (QED) is 0.0342. The number of hydrogen-bond donors (Lipinski definition) is 3. The number of allylic oxidation sites excluding steroid dienone is 6. The van der Waals surface area contributed by atoms with Crippen LogP contribution in [0.1, 0.15) is 123 Å². The van der Waals surface area contributed by atoms with Crippen molar-refractivity contribution in [2.75, 3.05) is 26.4 Å². The average Bonchev–Trinajstić information content (AvgIpc) is 2.97. The van der Waals surface area contributed by atoms with Crippen molar-refractivity contribution in [2.45, 2.75) is 129 Å². The van der Waals surface area contributed by atoms with Crippen molar-refractivity contribution in [1.29, 1.82) is 0 Å². The molecule has 0 saturated heterocycles. The van der Waals surface area contributed by atoms with Crippen LogP contribution in [-0.2, 0) is 27.9 Å². The fourth-order valence-electron chi connectivity index (χ4n) is 3.92. The van der Waals surface area contributed by atoms with E-state index in [4.69, 9.17) is 13.8 Å². The molecule has 3 N–H and O–H groups in total. The zero-order valence-electron chi connectivity index (χ0n) is 26.2. The van der Waals surface area contributed by atoms with Gasteiger partial charge < -0.3 is 20.1 Å². The highest BCUT2D eigenvalue weighted by molar-refractivity contribution is 7.47. The van der Waals surface area contributed by atoms with Gasteiger partial charge in [0.15, 0.2) is 0 Å². The summed E-state index contributed by atoms with van der Waals surface area (Å²) in [5.41, 5.74) is 0. The smallest absolute Gasteiger partial charge is 0.463 e. The fourth-order valence-corrected chi connectivity index (χ4v) is 4.68. The number of aliphatic hydroxyl groups is 1. The van der Waals surface area contributed by atoms with Crippen LogP contribution in [0.4, 0.5) is 0 Å². The van der Waals surface area contributed by atoms with Gasteiger partial charge in [-0.25, -0.2) is 4.57 Å². The van der Waals surface area contributed by atoms with E-state index in [0.29, 0.717) is 6.42 Å². The highest BCUT2D eigenvalue weighted by Crippen LogP contribution is 2.42. The SMILES string of the molecule is CC/C=C\C/C=C\C/C=C\CCCCCCCCCC(=O)OCC(O)COP(=O)(O)OCCNC(=O)CCCCCC. The van der Waals surface area contributed by atoms with Gasteiger partial charge in [-0.1, -0.05) is 102 Å². The van der Waals surface area contributed by atoms with Gasteiger partial charge in [-0.05, 0) is 44.9 Å². The van der Waals surface area contributed by atoms with Crippen LogP contribution in [0.5, 0.6) is 0 Å². The minimum atomic E-state index is -4.39. The summed E-state index contributed by atoms with van der Waals surface area (Å²) in [6, 6.07) is 0. The van der Waals surface area contributed by atoms with Crippen LogP contribution in [0.25, 0.3) is 0 Å². The van der Waals surface area contributed by atoms with Gasteiger partial charge >= 0.3 is 13.8 Å². The lowest BCUT2D eigenvalue weighted by Crippen LogP contribution is -2.27. The average molecular weight is 616 g/mol. The summed E-state index contributed by atoms with van der Waals surface area (Å²) >= 11 is 0. The van der Waals surface area contributed by atoms with Gasteiger partial charge in [0.05, 0.1) is 13.2 Å². The molecule has 0 saturated carbocycles. The van der Waals surface area contributed by atoms with Gasteiger partial charge in [0.1, 0.15) is 12.7 Å². The van der Waals surface area contributed by atoms with Crippen molar-refractivity contribution in [3.8, 4) is 0 Å². The summed E-state index contributed by atoms with van der Waals surface area (Å²) in [6.45, 7) is 3.27. The van der Waals surface area contributed by atoms with Gasteiger partial charge in [0, 0.05) is 19.4 Å². The molecular formula is C32H58NO8P. The van der Waals surface area contributed by atoms with Crippen molar-refractivity contribution in [2.24, 2.45) is 0 Å². The van der Waals surface area contributed by atoms with Crippen LogP contribution in [-0.4, -0.2) is 54.3 Å². The third-order valence-corrected chi connectivity index (χ3v) is 7.32. The van der Waals surface area contributed by atoms with Crippen LogP contribution in [0, 0.1) is 0 Å². The molecule has 0 radical (unpaired) electrons. The number of rotatable bonds is 29.